The van der Waals surface area contributed by atoms with Crippen LogP contribution in [0.25, 0.3) is 0 Å². The van der Waals surface area contributed by atoms with Gasteiger partial charge in [0.1, 0.15) is 0 Å². The van der Waals surface area contributed by atoms with Crippen molar-refractivity contribution in [3.63, 3.8) is 0 Å². The smallest absolute Gasteiger partial charge is 0.358 e. The first kappa shape index (κ1) is 14.6. The number of nitrogens with one attached hydrogen (secondary N) is 1. The molecule has 1 atom stereocenters. The molecule has 1 amide bonds. The molecule has 0 fully saturated rings. The van der Waals surface area contributed by atoms with E-state index in [0.717, 1.165) is 0 Å². The van der Waals surface area contributed by atoms with Gasteiger partial charge >= 0.3 is 5.82 Å². The fourth-order valence-corrected chi connectivity index (χ4v) is 1.81. The van der Waals surface area contributed by atoms with E-state index >= 15 is 0 Å². The molecule has 0 spiro atoms. The number of anilines is 1. The van der Waals surface area contributed by atoms with Gasteiger partial charge in [0, 0.05) is 18.1 Å². The first-order chi connectivity index (χ1) is 9.97. The van der Waals surface area contributed by atoms with Gasteiger partial charge in [-0.25, -0.2) is 0 Å². The molecular weight excluding hydrogens is 274 g/mol. The Kier molecular flexibility index (Phi) is 4.27. The topological polar surface area (TPSA) is 103 Å². The van der Waals surface area contributed by atoms with Gasteiger partial charge in [-0.15, -0.1) is 0 Å². The highest BCUT2D eigenvalue weighted by Crippen LogP contribution is 2.14. The Hall–Kier alpha value is -2.77. The Morgan fingerprint density at radius 3 is 2.71 bits per heavy atom. The molecule has 8 nitrogen and oxygen atoms in total. The van der Waals surface area contributed by atoms with Crippen LogP contribution in [0.4, 0.5) is 11.5 Å². The predicted octanol–water partition coefficient (Wildman–Crippen LogP) is 1.77. The largest absolute Gasteiger partial charge is 0.390 e. The third-order valence-corrected chi connectivity index (χ3v) is 3.00. The van der Waals surface area contributed by atoms with Crippen LogP contribution in [-0.2, 0) is 11.3 Å². The van der Waals surface area contributed by atoms with Crippen molar-refractivity contribution in [1.29, 1.82) is 0 Å². The Balaban J connectivity index is 2.02. The molecular formula is C13H15N5O3. The molecule has 0 aliphatic heterocycles. The van der Waals surface area contributed by atoms with Crippen LogP contribution in [0.1, 0.15) is 12.6 Å². The van der Waals surface area contributed by atoms with Crippen LogP contribution in [0.15, 0.2) is 30.6 Å². The summed E-state index contributed by atoms with van der Waals surface area (Å²) < 4.78 is 1.47. The fraction of sp³-hybridized carbons (Fsp3) is 0.308. The number of aryl methyl sites for hydroxylation is 1. The molecule has 0 aliphatic carbocycles. The molecule has 1 unspecified atom stereocenters. The standard InChI is InChI=1S/C13H15N5O3/c1-9(13(19)15-11-3-5-14-6-4-11)8-17-10(2)7-12(16-17)18(20)21/h3-7,9H,8H2,1-2H3,(H,14,15,19). The van der Waals surface area contributed by atoms with Gasteiger partial charge in [-0.2, -0.15) is 4.68 Å². The minimum Gasteiger partial charge on any atom is -0.358 e. The molecule has 0 aromatic carbocycles. The van der Waals surface area contributed by atoms with E-state index in [0.29, 0.717) is 11.4 Å². The number of aromatic nitrogens is 3. The number of pyridine rings is 1. The maximum atomic E-state index is 12.1. The first-order valence-corrected chi connectivity index (χ1v) is 6.37. The van der Waals surface area contributed by atoms with Crippen LogP contribution < -0.4 is 5.32 Å². The van der Waals surface area contributed by atoms with Crippen molar-refractivity contribution in [1.82, 2.24) is 14.8 Å². The molecule has 2 rings (SSSR count). The van der Waals surface area contributed by atoms with Crippen molar-refractivity contribution in [3.8, 4) is 0 Å². The van der Waals surface area contributed by atoms with Gasteiger partial charge in [0.2, 0.25) is 5.91 Å². The Labute approximate surface area is 121 Å². The van der Waals surface area contributed by atoms with E-state index in [1.807, 2.05) is 0 Å². The number of amides is 1. The molecule has 0 saturated carbocycles. The molecule has 2 aromatic heterocycles. The van der Waals surface area contributed by atoms with Gasteiger partial charge in [0.25, 0.3) is 0 Å². The molecule has 2 aromatic rings. The lowest BCUT2D eigenvalue weighted by molar-refractivity contribution is -0.389. The van der Waals surface area contributed by atoms with Crippen LogP contribution in [0.3, 0.4) is 0 Å². The van der Waals surface area contributed by atoms with Crippen LogP contribution >= 0.6 is 0 Å². The van der Waals surface area contributed by atoms with Crippen LogP contribution in [0.5, 0.6) is 0 Å². The molecule has 110 valence electrons. The van der Waals surface area contributed by atoms with Gasteiger partial charge in [-0.3, -0.25) is 9.78 Å². The summed E-state index contributed by atoms with van der Waals surface area (Å²) in [4.78, 5) is 26.1. The second kappa shape index (κ2) is 6.12. The summed E-state index contributed by atoms with van der Waals surface area (Å²) in [7, 11) is 0. The van der Waals surface area contributed by atoms with E-state index in [1.165, 1.54) is 10.7 Å². The van der Waals surface area contributed by atoms with Gasteiger partial charge in [0.05, 0.1) is 29.3 Å². The number of carbonyl (C=O) groups is 1. The second-order valence-corrected chi connectivity index (χ2v) is 4.71. The maximum Gasteiger partial charge on any atom is 0.390 e. The predicted molar refractivity (Wildman–Crippen MR) is 75.6 cm³/mol. The summed E-state index contributed by atoms with van der Waals surface area (Å²) in [5.41, 5.74) is 1.30. The van der Waals surface area contributed by atoms with Gasteiger partial charge in [-0.05, 0) is 24.0 Å². The van der Waals surface area contributed by atoms with Crippen molar-refractivity contribution < 1.29 is 9.72 Å². The van der Waals surface area contributed by atoms with E-state index in [4.69, 9.17) is 0 Å². The van der Waals surface area contributed by atoms with Crippen LogP contribution in [0.2, 0.25) is 0 Å². The summed E-state index contributed by atoms with van der Waals surface area (Å²) >= 11 is 0. The molecule has 2 heterocycles. The van der Waals surface area contributed by atoms with E-state index in [-0.39, 0.29) is 24.2 Å². The summed E-state index contributed by atoms with van der Waals surface area (Å²) in [6.45, 7) is 3.73. The van der Waals surface area contributed by atoms with E-state index in [1.54, 1.807) is 38.4 Å². The van der Waals surface area contributed by atoms with Crippen molar-refractivity contribution in [2.24, 2.45) is 5.92 Å². The van der Waals surface area contributed by atoms with Gasteiger partial charge in [-0.1, -0.05) is 6.92 Å². The Bertz CT molecular complexity index is 653. The summed E-state index contributed by atoms with van der Waals surface area (Å²) in [6, 6.07) is 4.76. The van der Waals surface area contributed by atoms with E-state index < -0.39 is 4.92 Å². The zero-order chi connectivity index (χ0) is 15.4. The highest BCUT2D eigenvalue weighted by Gasteiger charge is 2.20. The van der Waals surface area contributed by atoms with E-state index in [2.05, 4.69) is 15.4 Å². The molecule has 0 radical (unpaired) electrons. The number of carbonyl (C=O) groups excluding carboxylic acids is 1. The van der Waals surface area contributed by atoms with Crippen molar-refractivity contribution in [2.75, 3.05) is 5.32 Å². The van der Waals surface area contributed by atoms with Crippen LogP contribution in [0, 0.1) is 23.0 Å². The Morgan fingerprint density at radius 2 is 2.14 bits per heavy atom. The monoisotopic (exact) mass is 289 g/mol. The lowest BCUT2D eigenvalue weighted by Crippen LogP contribution is -2.25. The lowest BCUT2D eigenvalue weighted by atomic mass is 10.1. The molecule has 8 heteroatoms. The average molecular weight is 289 g/mol. The Morgan fingerprint density at radius 1 is 1.48 bits per heavy atom. The summed E-state index contributed by atoms with van der Waals surface area (Å²) in [5.74, 6) is -0.774. The van der Waals surface area contributed by atoms with Crippen molar-refractivity contribution >= 4 is 17.4 Å². The average Bonchev–Trinajstić information content (AvgIpc) is 2.81. The summed E-state index contributed by atoms with van der Waals surface area (Å²) in [6.07, 6.45) is 3.17. The quantitative estimate of drug-likeness (QED) is 0.667. The molecule has 1 N–H and O–H groups in total. The number of hydrogen-bond donors (Lipinski definition) is 1. The number of rotatable bonds is 5. The van der Waals surface area contributed by atoms with Crippen molar-refractivity contribution in [3.05, 3.63) is 46.4 Å². The minimum atomic E-state index is -0.550. The first-order valence-electron chi connectivity index (χ1n) is 6.37. The van der Waals surface area contributed by atoms with Gasteiger partial charge in [0.15, 0.2) is 0 Å². The molecule has 0 bridgehead atoms. The summed E-state index contributed by atoms with van der Waals surface area (Å²) in [5, 5.41) is 17.3. The van der Waals surface area contributed by atoms with Gasteiger partial charge < -0.3 is 15.4 Å². The highest BCUT2D eigenvalue weighted by molar-refractivity contribution is 5.92. The highest BCUT2D eigenvalue weighted by atomic mass is 16.6. The fourth-order valence-electron chi connectivity index (χ4n) is 1.81. The minimum absolute atomic E-state index is 0.182. The zero-order valence-corrected chi connectivity index (χ0v) is 11.7. The van der Waals surface area contributed by atoms with Crippen LogP contribution in [-0.4, -0.2) is 25.6 Å². The normalized spacial score (nSPS) is 11.9. The molecule has 0 aliphatic rings. The van der Waals surface area contributed by atoms with Crippen molar-refractivity contribution in [2.45, 2.75) is 20.4 Å². The van der Waals surface area contributed by atoms with E-state index in [9.17, 15) is 14.9 Å². The second-order valence-electron chi connectivity index (χ2n) is 4.71. The number of nitrogens with zero attached hydrogens (tertiary/aromatic N) is 4. The molecule has 0 saturated heterocycles. The lowest BCUT2D eigenvalue weighted by Gasteiger charge is -2.11. The number of hydrogen-bond acceptors (Lipinski definition) is 5. The molecule has 21 heavy (non-hydrogen) atoms. The SMILES string of the molecule is Cc1cc([N+](=O)[O-])nn1CC(C)C(=O)Nc1ccncc1. The number of nitro groups is 1. The third kappa shape index (κ3) is 3.62. The zero-order valence-electron chi connectivity index (χ0n) is 11.7. The third-order valence-electron chi connectivity index (χ3n) is 3.00. The maximum absolute atomic E-state index is 12.1.